The Bertz CT molecular complexity index is 2020. The summed E-state index contributed by atoms with van der Waals surface area (Å²) < 4.78 is 19.9. The van der Waals surface area contributed by atoms with Crippen molar-refractivity contribution in [1.29, 1.82) is 5.26 Å². The van der Waals surface area contributed by atoms with Crippen molar-refractivity contribution in [2.45, 2.75) is 90.3 Å². The molecule has 57 heavy (non-hydrogen) atoms. The lowest BCUT2D eigenvalue weighted by Gasteiger charge is -2.45. The minimum absolute atomic E-state index is 0.000107. The molecule has 0 radical (unpaired) electrons. The summed E-state index contributed by atoms with van der Waals surface area (Å²) in [6.07, 6.45) is 9.77. The first kappa shape index (κ1) is 40.9. The van der Waals surface area contributed by atoms with Gasteiger partial charge in [0.2, 0.25) is 0 Å². The lowest BCUT2D eigenvalue weighted by atomic mass is 9.79. The van der Waals surface area contributed by atoms with E-state index >= 15 is 0 Å². The lowest BCUT2D eigenvalue weighted by Crippen LogP contribution is -2.67. The maximum absolute atomic E-state index is 9.14. The third-order valence-corrected chi connectivity index (χ3v) is 17.7. The van der Waals surface area contributed by atoms with Crippen molar-refractivity contribution in [2.75, 3.05) is 40.3 Å². The van der Waals surface area contributed by atoms with Gasteiger partial charge in [-0.25, -0.2) is 0 Å². The molecule has 2 atom stereocenters. The maximum atomic E-state index is 9.14. The number of hydrogen-bond donors (Lipinski definition) is 0. The zero-order valence-corrected chi connectivity index (χ0v) is 35.9. The number of benzene rings is 4. The largest absolute Gasteiger partial charge is 0.488 e. The van der Waals surface area contributed by atoms with Crippen molar-refractivity contribution in [3.8, 4) is 11.8 Å². The van der Waals surface area contributed by atoms with Crippen molar-refractivity contribution in [1.82, 2.24) is 15.0 Å². The molecule has 8 heteroatoms. The smallest absolute Gasteiger partial charge is 0.261 e. The molecule has 300 valence electrons. The minimum atomic E-state index is -2.55. The van der Waals surface area contributed by atoms with Crippen LogP contribution in [0.3, 0.4) is 0 Å². The molecule has 4 aromatic carbocycles. The molecule has 1 saturated carbocycles. The molecule has 2 aliphatic rings. The summed E-state index contributed by atoms with van der Waals surface area (Å²) in [7, 11) is 1.57. The van der Waals surface area contributed by atoms with Crippen molar-refractivity contribution in [3.63, 3.8) is 0 Å². The summed E-state index contributed by atoms with van der Waals surface area (Å²) in [5, 5.41) is 17.6. The molecule has 7 rings (SSSR count). The topological polar surface area (TPSA) is 74.8 Å². The third kappa shape index (κ3) is 9.55. The van der Waals surface area contributed by atoms with Crippen LogP contribution in [0.5, 0.6) is 5.75 Å². The van der Waals surface area contributed by atoms with Crippen molar-refractivity contribution in [3.05, 3.63) is 119 Å². The highest BCUT2D eigenvalue weighted by atomic mass is 28.4. The van der Waals surface area contributed by atoms with Crippen LogP contribution in [-0.4, -0.2) is 63.6 Å². The summed E-state index contributed by atoms with van der Waals surface area (Å²) in [4.78, 5) is 4.90. The highest BCUT2D eigenvalue weighted by molar-refractivity contribution is 6.99. The summed E-state index contributed by atoms with van der Waals surface area (Å²) in [5.41, 5.74) is 4.57. The van der Waals surface area contributed by atoms with Gasteiger partial charge >= 0.3 is 0 Å². The molecule has 0 spiro atoms. The number of piperidine rings is 1. The van der Waals surface area contributed by atoms with Gasteiger partial charge in [-0.05, 0) is 129 Å². The molecule has 2 unspecified atom stereocenters. The van der Waals surface area contributed by atoms with Gasteiger partial charge in [-0.1, -0.05) is 112 Å². The highest BCUT2D eigenvalue weighted by Gasteiger charge is 2.50. The van der Waals surface area contributed by atoms with Gasteiger partial charge in [0.15, 0.2) is 5.58 Å². The van der Waals surface area contributed by atoms with Gasteiger partial charge in [-0.3, -0.25) is 0 Å². The monoisotopic (exact) mass is 782 g/mol. The van der Waals surface area contributed by atoms with Gasteiger partial charge in [0.25, 0.3) is 8.32 Å². The third-order valence-electron chi connectivity index (χ3n) is 12.7. The maximum Gasteiger partial charge on any atom is 0.261 e. The van der Waals surface area contributed by atoms with E-state index in [0.717, 1.165) is 53.0 Å². The second-order valence-corrected chi connectivity index (χ2v) is 22.3. The Morgan fingerprint density at radius 1 is 0.842 bits per heavy atom. The van der Waals surface area contributed by atoms with E-state index in [-0.39, 0.29) is 5.04 Å². The van der Waals surface area contributed by atoms with Crippen LogP contribution >= 0.6 is 0 Å². The summed E-state index contributed by atoms with van der Waals surface area (Å²) in [6, 6.07) is 36.2. The summed E-state index contributed by atoms with van der Waals surface area (Å²) in [5.74, 6) is 2.79. The molecular weight excluding hydrogens is 721 g/mol. The fourth-order valence-corrected chi connectivity index (χ4v) is 14.2. The number of likely N-dealkylation sites (tertiary alicyclic amines) is 1. The molecule has 5 aromatic rings. The Morgan fingerprint density at radius 3 is 2.11 bits per heavy atom. The molecule has 1 aliphatic heterocycles. The van der Waals surface area contributed by atoms with Crippen molar-refractivity contribution >= 4 is 29.7 Å². The van der Waals surface area contributed by atoms with E-state index in [9.17, 15) is 0 Å². The van der Waals surface area contributed by atoms with Gasteiger partial charge in [0, 0.05) is 25.1 Å². The van der Waals surface area contributed by atoms with E-state index < -0.39 is 8.32 Å². The first-order chi connectivity index (χ1) is 27.6. The Hall–Kier alpha value is -4.26. The van der Waals surface area contributed by atoms with Crippen LogP contribution in [0.15, 0.2) is 102 Å². The van der Waals surface area contributed by atoms with Crippen LogP contribution in [-0.2, 0) is 24.0 Å². The first-order valence-electron chi connectivity index (χ1n) is 21.3. The Labute approximate surface area is 342 Å². The van der Waals surface area contributed by atoms with Crippen LogP contribution in [0, 0.1) is 29.1 Å². The predicted octanol–water partition coefficient (Wildman–Crippen LogP) is 9.37. The molecule has 1 aromatic heterocycles. The zero-order valence-electron chi connectivity index (χ0n) is 34.9. The average molecular weight is 783 g/mol. The number of nitriles is 1. The molecule has 0 amide bonds. The van der Waals surface area contributed by atoms with Crippen molar-refractivity contribution < 1.29 is 13.7 Å². The minimum Gasteiger partial charge on any atom is -0.488 e. The number of aryl methyl sites for hydroxylation is 1. The van der Waals surface area contributed by atoms with Gasteiger partial charge in [-0.15, -0.1) is 0 Å². The molecule has 0 bridgehead atoms. The van der Waals surface area contributed by atoms with E-state index in [1.54, 1.807) is 0 Å². The molecule has 2 fully saturated rings. The average Bonchev–Trinajstić information content (AvgIpc) is 3.65. The fourth-order valence-electron chi connectivity index (χ4n) is 9.58. The Balaban J connectivity index is 0.954. The van der Waals surface area contributed by atoms with E-state index in [1.165, 1.54) is 68.5 Å². The predicted molar refractivity (Wildman–Crippen MR) is 233 cm³/mol. The molecule has 1 aliphatic carbocycles. The molecular formula is C49H62N4O3Si. The lowest BCUT2D eigenvalue weighted by molar-refractivity contribution is 0.0865. The number of fused-ring (bicyclic) bond motifs is 1. The van der Waals surface area contributed by atoms with Crippen LogP contribution in [0.2, 0.25) is 5.04 Å². The number of nitrogens with zero attached hydrogens (tertiary/aromatic N) is 4. The standard InChI is InChI=1S/C49H62N4O3Si/c1-49(2,3)57(42-16-8-6-9-17-42,43-18-10-7-11-19-43)55-36-41-15-13-12-14-40(41)33-53-30-28-37(29-31-53)24-26-46-44-25-27-47(45(34-52(4)5)48(44)56-51-46)54-35-39-22-20-38(32-50)21-23-39/h6-11,16-23,25,27,37,40-41H,12-15,24,26,28-31,33-36H2,1-5H3. The van der Waals surface area contributed by atoms with E-state index in [4.69, 9.17) is 18.9 Å². The van der Waals surface area contributed by atoms with Crippen LogP contribution in [0.1, 0.15) is 88.1 Å². The van der Waals surface area contributed by atoms with Crippen molar-refractivity contribution in [2.24, 2.45) is 17.8 Å². The van der Waals surface area contributed by atoms with E-state index in [2.05, 4.69) is 129 Å². The molecule has 2 heterocycles. The van der Waals surface area contributed by atoms with Gasteiger partial charge in [-0.2, -0.15) is 5.26 Å². The van der Waals surface area contributed by atoms with E-state index in [1.807, 2.05) is 24.3 Å². The summed E-state index contributed by atoms with van der Waals surface area (Å²) >= 11 is 0. The van der Waals surface area contributed by atoms with Crippen LogP contribution < -0.4 is 15.1 Å². The Morgan fingerprint density at radius 2 is 1.49 bits per heavy atom. The molecule has 1 saturated heterocycles. The fraction of sp³-hybridized carbons (Fsp3) is 0.469. The number of ether oxygens (including phenoxy) is 1. The molecule has 7 nitrogen and oxygen atoms in total. The SMILES string of the molecule is CN(C)Cc1c(OCc2ccc(C#N)cc2)ccc2c(CCC3CCN(CC4CCCCC4CO[Si](c4ccccc4)(c4ccccc4)C(C)(C)C)CC3)noc12. The van der Waals surface area contributed by atoms with Gasteiger partial charge in [0.05, 0.1) is 22.9 Å². The van der Waals surface area contributed by atoms with Gasteiger partial charge < -0.3 is 23.5 Å². The quantitative estimate of drug-likeness (QED) is 0.0981. The Kier molecular flexibility index (Phi) is 13.3. The molecule has 0 N–H and O–H groups in total. The van der Waals surface area contributed by atoms with E-state index in [0.29, 0.717) is 36.5 Å². The normalized spacial score (nSPS) is 18.5. The first-order valence-corrected chi connectivity index (χ1v) is 23.2. The van der Waals surface area contributed by atoms with Crippen LogP contribution in [0.25, 0.3) is 11.0 Å². The second kappa shape index (κ2) is 18.5. The number of hydrogen-bond acceptors (Lipinski definition) is 7. The van der Waals surface area contributed by atoms with Gasteiger partial charge in [0.1, 0.15) is 12.4 Å². The number of rotatable bonds is 15. The second-order valence-electron chi connectivity index (χ2n) is 17.9. The van der Waals surface area contributed by atoms with Crippen LogP contribution in [0.4, 0.5) is 0 Å². The zero-order chi connectivity index (χ0) is 39.8. The highest BCUT2D eigenvalue weighted by Crippen LogP contribution is 2.40. The number of aromatic nitrogens is 1. The summed E-state index contributed by atoms with van der Waals surface area (Å²) in [6.45, 7) is 12.7.